The van der Waals surface area contributed by atoms with Gasteiger partial charge in [-0.25, -0.2) is 0 Å². The fraction of sp³-hybridized carbons (Fsp3) is 0.714. The molecule has 0 bridgehead atoms. The number of ether oxygens (including phenoxy) is 1. The Morgan fingerprint density at radius 1 is 0.739 bits per heavy atom. The minimum absolute atomic E-state index is 0.298. The van der Waals surface area contributed by atoms with Gasteiger partial charge in [-0.2, -0.15) is 0 Å². The summed E-state index contributed by atoms with van der Waals surface area (Å²) in [5.74, 6) is 1.18. The zero-order valence-electron chi connectivity index (χ0n) is 15.2. The zero-order chi connectivity index (χ0) is 16.8. The first-order valence-electron chi connectivity index (χ1n) is 9.72. The van der Waals surface area contributed by atoms with Gasteiger partial charge in [0.2, 0.25) is 0 Å². The summed E-state index contributed by atoms with van der Waals surface area (Å²) in [6.45, 7) is 4.51. The Hall–Kier alpha value is -1.18. The average molecular weight is 321 g/mol. The average Bonchev–Trinajstić information content (AvgIpc) is 2.56. The second-order valence-corrected chi connectivity index (χ2v) is 6.64. The highest BCUT2D eigenvalue weighted by Crippen LogP contribution is 2.22. The molecule has 1 N–H and O–H groups in total. The summed E-state index contributed by atoms with van der Waals surface area (Å²) in [6.07, 6.45) is 15.8. The molecule has 0 saturated carbocycles. The lowest BCUT2D eigenvalue weighted by molar-refractivity contribution is 0.172. The van der Waals surface area contributed by atoms with Crippen LogP contribution in [0.4, 0.5) is 0 Å². The van der Waals surface area contributed by atoms with Crippen molar-refractivity contribution in [3.8, 4) is 11.5 Å². The molecule has 0 aliphatic rings. The third-order valence-corrected chi connectivity index (χ3v) is 4.40. The lowest BCUT2D eigenvalue weighted by Crippen LogP contribution is -2.16. The molecule has 0 spiro atoms. The molecule has 2 nitrogen and oxygen atoms in total. The molecule has 23 heavy (non-hydrogen) atoms. The van der Waals surface area contributed by atoms with Crippen molar-refractivity contribution in [3.63, 3.8) is 0 Å². The Morgan fingerprint density at radius 3 is 1.83 bits per heavy atom. The van der Waals surface area contributed by atoms with Gasteiger partial charge in [0.25, 0.3) is 0 Å². The van der Waals surface area contributed by atoms with Crippen LogP contribution in [0.3, 0.4) is 0 Å². The van der Waals surface area contributed by atoms with Crippen LogP contribution in [0.25, 0.3) is 0 Å². The van der Waals surface area contributed by atoms with Gasteiger partial charge in [0.15, 0.2) is 0 Å². The van der Waals surface area contributed by atoms with E-state index < -0.39 is 0 Å². The maximum atomic E-state index is 9.37. The van der Waals surface area contributed by atoms with Gasteiger partial charge in [-0.3, -0.25) is 0 Å². The van der Waals surface area contributed by atoms with E-state index in [1.54, 1.807) is 12.1 Å². The molecule has 1 aromatic rings. The molecule has 0 radical (unpaired) electrons. The van der Waals surface area contributed by atoms with Crippen molar-refractivity contribution in [2.45, 2.75) is 97.0 Å². The van der Waals surface area contributed by atoms with Crippen LogP contribution in [0.5, 0.6) is 11.5 Å². The maximum absolute atomic E-state index is 9.37. The quantitative estimate of drug-likeness (QED) is 0.379. The first-order valence-corrected chi connectivity index (χ1v) is 9.72. The van der Waals surface area contributed by atoms with Gasteiger partial charge in [-0.05, 0) is 49.9 Å². The van der Waals surface area contributed by atoms with Crippen LogP contribution in [0.15, 0.2) is 24.3 Å². The molecule has 1 aromatic carbocycles. The van der Waals surface area contributed by atoms with E-state index in [-0.39, 0.29) is 0 Å². The van der Waals surface area contributed by atoms with E-state index in [2.05, 4.69) is 13.8 Å². The topological polar surface area (TPSA) is 29.5 Å². The van der Waals surface area contributed by atoms with Crippen LogP contribution in [-0.4, -0.2) is 11.2 Å². The first-order chi connectivity index (χ1) is 11.3. The molecule has 1 unspecified atom stereocenters. The van der Waals surface area contributed by atoms with Crippen LogP contribution in [0, 0.1) is 0 Å². The monoisotopic (exact) mass is 320 g/mol. The predicted molar refractivity (Wildman–Crippen MR) is 99.3 cm³/mol. The molecular weight excluding hydrogens is 284 g/mol. The van der Waals surface area contributed by atoms with Crippen LogP contribution in [-0.2, 0) is 0 Å². The van der Waals surface area contributed by atoms with E-state index in [1.807, 2.05) is 12.1 Å². The molecule has 0 heterocycles. The number of phenols is 1. The molecular formula is C21H36O2. The standard InChI is InChI=1S/C21H36O2/c1-3-5-7-8-9-10-12-14-20(13-11-6-4-2)23-21-17-15-19(22)16-18-21/h15-18,20,22H,3-14H2,1-2H3. The van der Waals surface area contributed by atoms with Crippen molar-refractivity contribution in [2.24, 2.45) is 0 Å². The van der Waals surface area contributed by atoms with Crippen molar-refractivity contribution in [3.05, 3.63) is 24.3 Å². The highest BCUT2D eigenvalue weighted by molar-refractivity contribution is 5.30. The Kier molecular flexibility index (Phi) is 11.5. The molecule has 0 saturated heterocycles. The molecule has 0 fully saturated rings. The number of hydrogen-bond acceptors (Lipinski definition) is 2. The summed E-state index contributed by atoms with van der Waals surface area (Å²) in [4.78, 5) is 0. The predicted octanol–water partition coefficient (Wildman–Crippen LogP) is 6.86. The zero-order valence-corrected chi connectivity index (χ0v) is 15.2. The summed E-state index contributed by atoms with van der Waals surface area (Å²) in [7, 11) is 0. The fourth-order valence-electron chi connectivity index (χ4n) is 2.93. The Bertz CT molecular complexity index is 372. The Labute approximate surface area is 143 Å². The van der Waals surface area contributed by atoms with Gasteiger partial charge in [-0.15, -0.1) is 0 Å². The SMILES string of the molecule is CCCCCCCCCC(CCCCC)Oc1ccc(O)cc1. The number of phenolic OH excluding ortho intramolecular Hbond substituents is 1. The number of aromatic hydroxyl groups is 1. The van der Waals surface area contributed by atoms with Crippen LogP contribution < -0.4 is 4.74 Å². The van der Waals surface area contributed by atoms with Crippen molar-refractivity contribution >= 4 is 0 Å². The van der Waals surface area contributed by atoms with E-state index in [9.17, 15) is 5.11 Å². The molecule has 132 valence electrons. The smallest absolute Gasteiger partial charge is 0.119 e. The molecule has 1 atom stereocenters. The van der Waals surface area contributed by atoms with Crippen molar-refractivity contribution in [1.82, 2.24) is 0 Å². The minimum atomic E-state index is 0.298. The summed E-state index contributed by atoms with van der Waals surface area (Å²) in [6, 6.07) is 7.14. The molecule has 0 aliphatic carbocycles. The second-order valence-electron chi connectivity index (χ2n) is 6.64. The van der Waals surface area contributed by atoms with E-state index >= 15 is 0 Å². The summed E-state index contributed by atoms with van der Waals surface area (Å²) in [5, 5.41) is 9.37. The Morgan fingerprint density at radius 2 is 1.22 bits per heavy atom. The van der Waals surface area contributed by atoms with Gasteiger partial charge in [0, 0.05) is 0 Å². The van der Waals surface area contributed by atoms with E-state index in [4.69, 9.17) is 4.74 Å². The van der Waals surface area contributed by atoms with Crippen LogP contribution in [0.2, 0.25) is 0 Å². The summed E-state index contributed by atoms with van der Waals surface area (Å²) < 4.78 is 6.15. The van der Waals surface area contributed by atoms with E-state index in [1.165, 1.54) is 64.2 Å². The summed E-state index contributed by atoms with van der Waals surface area (Å²) >= 11 is 0. The van der Waals surface area contributed by atoms with Crippen molar-refractivity contribution < 1.29 is 9.84 Å². The molecule has 0 aromatic heterocycles. The number of benzene rings is 1. The highest BCUT2D eigenvalue weighted by atomic mass is 16.5. The van der Waals surface area contributed by atoms with Crippen molar-refractivity contribution in [1.29, 1.82) is 0 Å². The minimum Gasteiger partial charge on any atom is -0.508 e. The number of hydrogen-bond donors (Lipinski definition) is 1. The second kappa shape index (κ2) is 13.3. The van der Waals surface area contributed by atoms with E-state index in [0.29, 0.717) is 11.9 Å². The number of unbranched alkanes of at least 4 members (excludes halogenated alkanes) is 8. The van der Waals surface area contributed by atoms with Gasteiger partial charge in [0.05, 0.1) is 6.10 Å². The first kappa shape index (κ1) is 19.9. The Balaban J connectivity index is 2.29. The van der Waals surface area contributed by atoms with Gasteiger partial charge in [0.1, 0.15) is 11.5 Å². The fourth-order valence-corrected chi connectivity index (χ4v) is 2.93. The molecule has 1 rings (SSSR count). The number of rotatable bonds is 14. The van der Waals surface area contributed by atoms with Gasteiger partial charge >= 0.3 is 0 Å². The highest BCUT2D eigenvalue weighted by Gasteiger charge is 2.10. The van der Waals surface area contributed by atoms with Gasteiger partial charge in [-0.1, -0.05) is 65.2 Å². The van der Waals surface area contributed by atoms with E-state index in [0.717, 1.165) is 18.6 Å². The van der Waals surface area contributed by atoms with Crippen LogP contribution >= 0.6 is 0 Å². The molecule has 0 amide bonds. The lowest BCUT2D eigenvalue weighted by Gasteiger charge is -2.19. The lowest BCUT2D eigenvalue weighted by atomic mass is 10.0. The molecule has 0 aliphatic heterocycles. The third kappa shape index (κ3) is 10.3. The maximum Gasteiger partial charge on any atom is 0.119 e. The van der Waals surface area contributed by atoms with Gasteiger partial charge < -0.3 is 9.84 Å². The van der Waals surface area contributed by atoms with Crippen LogP contribution in [0.1, 0.15) is 90.9 Å². The largest absolute Gasteiger partial charge is 0.508 e. The third-order valence-electron chi connectivity index (χ3n) is 4.40. The summed E-state index contributed by atoms with van der Waals surface area (Å²) in [5.41, 5.74) is 0. The van der Waals surface area contributed by atoms with Crippen molar-refractivity contribution in [2.75, 3.05) is 0 Å². The normalized spacial score (nSPS) is 12.3. The molecule has 2 heteroatoms.